The van der Waals surface area contributed by atoms with E-state index in [1.807, 2.05) is 0 Å². The van der Waals surface area contributed by atoms with Crippen LogP contribution in [0.25, 0.3) is 0 Å². The molecule has 0 aromatic heterocycles. The Morgan fingerprint density at radius 3 is 2.38 bits per heavy atom. The van der Waals surface area contributed by atoms with Gasteiger partial charge in [-0.25, -0.2) is 4.39 Å². The summed E-state index contributed by atoms with van der Waals surface area (Å²) in [6, 6.07) is 4.41. The van der Waals surface area contributed by atoms with Crippen LogP contribution in [0, 0.1) is 17.7 Å². The van der Waals surface area contributed by atoms with E-state index in [1.54, 1.807) is 6.07 Å². The molecule has 2 fully saturated rings. The number of amides is 1. The van der Waals surface area contributed by atoms with Crippen LogP contribution in [-0.2, 0) is 15.0 Å². The highest BCUT2D eigenvalue weighted by atomic mass is 35.5. The number of benzene rings is 1. The average molecular weight is 354 g/mol. The fourth-order valence-electron chi connectivity index (χ4n) is 3.61. The summed E-state index contributed by atoms with van der Waals surface area (Å²) in [6.45, 7) is 0.496. The monoisotopic (exact) mass is 353 g/mol. The van der Waals surface area contributed by atoms with Crippen LogP contribution in [0.1, 0.15) is 44.1 Å². The lowest BCUT2D eigenvalue weighted by atomic mass is 9.81. The lowest BCUT2D eigenvalue weighted by Crippen LogP contribution is -2.38. The highest BCUT2D eigenvalue weighted by molar-refractivity contribution is 6.31. The fourth-order valence-corrected chi connectivity index (χ4v) is 3.98. The molecule has 0 bridgehead atoms. The van der Waals surface area contributed by atoms with Crippen LogP contribution >= 0.6 is 11.6 Å². The summed E-state index contributed by atoms with van der Waals surface area (Å²) in [5.74, 6) is -1.57. The molecule has 0 atom stereocenters. The van der Waals surface area contributed by atoms with Crippen LogP contribution in [0.2, 0.25) is 5.02 Å². The molecule has 0 saturated heterocycles. The van der Waals surface area contributed by atoms with Crippen molar-refractivity contribution >= 4 is 23.5 Å². The van der Waals surface area contributed by atoms with E-state index in [-0.39, 0.29) is 29.0 Å². The summed E-state index contributed by atoms with van der Waals surface area (Å²) >= 11 is 6.16. The lowest BCUT2D eigenvalue weighted by molar-refractivity contribution is -0.144. The van der Waals surface area contributed by atoms with Gasteiger partial charge in [0.2, 0.25) is 5.91 Å². The van der Waals surface area contributed by atoms with Gasteiger partial charge < -0.3 is 10.4 Å². The Morgan fingerprint density at radius 2 is 1.83 bits per heavy atom. The van der Waals surface area contributed by atoms with E-state index >= 15 is 0 Å². The SMILES string of the molecule is O=C(O)C1CCC(C(=O)NCC2(c3ccc(F)cc3Cl)CC2)CC1. The summed E-state index contributed by atoms with van der Waals surface area (Å²) in [5.41, 5.74) is 0.707. The van der Waals surface area contributed by atoms with Gasteiger partial charge >= 0.3 is 5.97 Å². The summed E-state index contributed by atoms with van der Waals surface area (Å²) in [4.78, 5) is 23.3. The molecule has 0 heterocycles. The number of carboxylic acids is 1. The fraction of sp³-hybridized carbons (Fsp3) is 0.556. The Hall–Kier alpha value is -1.62. The summed E-state index contributed by atoms with van der Waals surface area (Å²) in [5, 5.41) is 12.4. The van der Waals surface area contributed by atoms with Gasteiger partial charge in [0.15, 0.2) is 0 Å². The molecule has 0 unspecified atom stereocenters. The van der Waals surface area contributed by atoms with E-state index in [9.17, 15) is 14.0 Å². The standard InChI is InChI=1S/C18H21ClFNO3/c19-15-9-13(20)5-6-14(15)18(7-8-18)10-21-16(22)11-1-3-12(4-2-11)17(23)24/h5-6,9,11-12H,1-4,7-8,10H2,(H,21,22)(H,23,24). The van der Waals surface area contributed by atoms with Crippen molar-refractivity contribution in [2.45, 2.75) is 43.9 Å². The third kappa shape index (κ3) is 3.56. The molecular formula is C18H21ClFNO3. The van der Waals surface area contributed by atoms with Gasteiger partial charge in [0.25, 0.3) is 0 Å². The van der Waals surface area contributed by atoms with Crippen molar-refractivity contribution < 1.29 is 19.1 Å². The number of halogens is 2. The highest BCUT2D eigenvalue weighted by Gasteiger charge is 2.46. The molecule has 2 aliphatic carbocycles. The minimum Gasteiger partial charge on any atom is -0.481 e. The lowest BCUT2D eigenvalue weighted by Gasteiger charge is -2.26. The smallest absolute Gasteiger partial charge is 0.306 e. The Balaban J connectivity index is 1.56. The minimum atomic E-state index is -0.767. The maximum absolute atomic E-state index is 13.2. The highest BCUT2D eigenvalue weighted by Crippen LogP contribution is 2.50. The molecule has 1 amide bonds. The quantitative estimate of drug-likeness (QED) is 0.851. The van der Waals surface area contributed by atoms with Crippen LogP contribution in [-0.4, -0.2) is 23.5 Å². The normalized spacial score (nSPS) is 25.1. The number of carboxylic acid groups (broad SMARTS) is 1. The van der Waals surface area contributed by atoms with E-state index in [1.165, 1.54) is 12.1 Å². The maximum atomic E-state index is 13.2. The van der Waals surface area contributed by atoms with Crippen molar-refractivity contribution in [2.24, 2.45) is 11.8 Å². The Bertz CT molecular complexity index is 652. The van der Waals surface area contributed by atoms with Crippen LogP contribution in [0.15, 0.2) is 18.2 Å². The average Bonchev–Trinajstić information content (AvgIpc) is 3.33. The molecule has 24 heavy (non-hydrogen) atoms. The van der Waals surface area contributed by atoms with Gasteiger partial charge in [-0.15, -0.1) is 0 Å². The first kappa shape index (κ1) is 17.2. The van der Waals surface area contributed by atoms with E-state index in [4.69, 9.17) is 16.7 Å². The first-order valence-electron chi connectivity index (χ1n) is 8.37. The largest absolute Gasteiger partial charge is 0.481 e. The molecule has 0 spiro atoms. The van der Waals surface area contributed by atoms with Gasteiger partial charge in [0.05, 0.1) is 5.92 Å². The summed E-state index contributed by atoms with van der Waals surface area (Å²) in [6.07, 6.45) is 4.19. The second-order valence-corrected chi connectivity index (χ2v) is 7.42. The van der Waals surface area contributed by atoms with Gasteiger partial charge in [-0.1, -0.05) is 17.7 Å². The summed E-state index contributed by atoms with van der Waals surface area (Å²) < 4.78 is 13.2. The Labute approximate surface area is 145 Å². The number of hydrogen-bond acceptors (Lipinski definition) is 2. The first-order valence-corrected chi connectivity index (χ1v) is 8.75. The van der Waals surface area contributed by atoms with Crippen LogP contribution in [0.5, 0.6) is 0 Å². The molecule has 2 aliphatic rings. The molecule has 0 radical (unpaired) electrons. The zero-order valence-electron chi connectivity index (χ0n) is 13.4. The van der Waals surface area contributed by atoms with Crippen LogP contribution < -0.4 is 5.32 Å². The van der Waals surface area contributed by atoms with Gasteiger partial charge in [0.1, 0.15) is 5.82 Å². The molecule has 130 valence electrons. The number of nitrogens with one attached hydrogen (secondary N) is 1. The minimum absolute atomic E-state index is 0.0108. The maximum Gasteiger partial charge on any atom is 0.306 e. The van der Waals surface area contributed by atoms with Gasteiger partial charge in [-0.2, -0.15) is 0 Å². The second kappa shape index (κ2) is 6.71. The zero-order valence-corrected chi connectivity index (χ0v) is 14.1. The van der Waals surface area contributed by atoms with Crippen LogP contribution in [0.4, 0.5) is 4.39 Å². The van der Waals surface area contributed by atoms with Crippen LogP contribution in [0.3, 0.4) is 0 Å². The van der Waals surface area contributed by atoms with E-state index in [0.717, 1.165) is 18.4 Å². The molecular weight excluding hydrogens is 333 g/mol. The van der Waals surface area contributed by atoms with Gasteiger partial charge in [0, 0.05) is 22.9 Å². The van der Waals surface area contributed by atoms with Crippen molar-refractivity contribution in [1.29, 1.82) is 0 Å². The number of aliphatic carboxylic acids is 1. The number of carbonyl (C=O) groups excluding carboxylic acids is 1. The molecule has 3 rings (SSSR count). The molecule has 2 N–H and O–H groups in total. The first-order chi connectivity index (χ1) is 11.4. The van der Waals surface area contributed by atoms with Crippen molar-refractivity contribution in [3.8, 4) is 0 Å². The molecule has 2 saturated carbocycles. The number of carbonyl (C=O) groups is 2. The van der Waals surface area contributed by atoms with E-state index < -0.39 is 5.97 Å². The molecule has 1 aromatic rings. The van der Waals surface area contributed by atoms with Gasteiger partial charge in [-0.3, -0.25) is 9.59 Å². The van der Waals surface area contributed by atoms with E-state index in [2.05, 4.69) is 5.32 Å². The third-order valence-electron chi connectivity index (χ3n) is 5.40. The zero-order chi connectivity index (χ0) is 17.3. The van der Waals surface area contributed by atoms with Crippen molar-refractivity contribution in [2.75, 3.05) is 6.54 Å². The van der Waals surface area contributed by atoms with Crippen molar-refractivity contribution in [3.05, 3.63) is 34.6 Å². The van der Waals surface area contributed by atoms with E-state index in [0.29, 0.717) is 37.3 Å². The molecule has 6 heteroatoms. The molecule has 4 nitrogen and oxygen atoms in total. The molecule has 1 aromatic carbocycles. The van der Waals surface area contributed by atoms with Crippen molar-refractivity contribution in [1.82, 2.24) is 5.32 Å². The Kier molecular flexibility index (Phi) is 4.81. The van der Waals surface area contributed by atoms with Crippen molar-refractivity contribution in [3.63, 3.8) is 0 Å². The topological polar surface area (TPSA) is 66.4 Å². The third-order valence-corrected chi connectivity index (χ3v) is 5.72. The summed E-state index contributed by atoms with van der Waals surface area (Å²) in [7, 11) is 0. The number of rotatable bonds is 5. The predicted octanol–water partition coefficient (Wildman–Crippen LogP) is 3.52. The van der Waals surface area contributed by atoms with Gasteiger partial charge in [-0.05, 0) is 56.2 Å². The number of hydrogen-bond donors (Lipinski definition) is 2. The predicted molar refractivity (Wildman–Crippen MR) is 88.4 cm³/mol. The Morgan fingerprint density at radius 1 is 1.21 bits per heavy atom. The second-order valence-electron chi connectivity index (χ2n) is 7.01. The molecule has 0 aliphatic heterocycles.